The fourth-order valence-electron chi connectivity index (χ4n) is 1.79. The first-order chi connectivity index (χ1) is 7.61. The first kappa shape index (κ1) is 15.3. The number of halogens is 4. The second-order valence-corrected chi connectivity index (χ2v) is 7.74. The van der Waals surface area contributed by atoms with Crippen LogP contribution in [0.15, 0.2) is 12.2 Å². The zero-order valence-corrected chi connectivity index (χ0v) is 13.9. The molecule has 0 radical (unpaired) electrons. The fourth-order valence-corrected chi connectivity index (χ4v) is 3.35. The van der Waals surface area contributed by atoms with Gasteiger partial charge in [0.05, 0.1) is 5.38 Å². The molecule has 4 atom stereocenters. The lowest BCUT2D eigenvalue weighted by Gasteiger charge is -2.20. The van der Waals surface area contributed by atoms with E-state index >= 15 is 0 Å². The van der Waals surface area contributed by atoms with Crippen molar-refractivity contribution in [1.29, 1.82) is 0 Å². The largest absolute Gasteiger partial charge is 0.121 e. The highest BCUT2D eigenvalue weighted by Gasteiger charge is 2.21. The van der Waals surface area contributed by atoms with Crippen LogP contribution in [0.4, 0.5) is 0 Å². The Balaban J connectivity index is 2.52. The van der Waals surface area contributed by atoms with Crippen LogP contribution < -0.4 is 0 Å². The van der Waals surface area contributed by atoms with Crippen LogP contribution in [0.2, 0.25) is 0 Å². The van der Waals surface area contributed by atoms with Crippen LogP contribution >= 0.6 is 55.1 Å². The van der Waals surface area contributed by atoms with Crippen LogP contribution in [-0.4, -0.2) is 20.4 Å². The maximum absolute atomic E-state index is 6.28. The smallest absolute Gasteiger partial charge is 0.0502 e. The van der Waals surface area contributed by atoms with Gasteiger partial charge in [-0.15, -0.1) is 23.2 Å². The average Bonchev–Trinajstić information content (AvgIpc) is 2.27. The Kier molecular flexibility index (Phi) is 8.05. The topological polar surface area (TPSA) is 0 Å². The maximum atomic E-state index is 6.28. The normalized spacial score (nSPS) is 40.8. The Morgan fingerprint density at radius 3 is 1.94 bits per heavy atom. The molecule has 0 heterocycles. The first-order valence-corrected chi connectivity index (χ1v) is 8.53. The van der Waals surface area contributed by atoms with Crippen molar-refractivity contribution in [3.05, 3.63) is 12.2 Å². The summed E-state index contributed by atoms with van der Waals surface area (Å²) in [6.07, 6.45) is 10.9. The standard InChI is InChI=1S/C12H18Br2Cl2/c13-9-5-3-1-2-4-6-11(15)12(16)8-7-10(9)14/h1-2,9-12H,3-8H2/b2-1+. The van der Waals surface area contributed by atoms with Crippen LogP contribution in [0, 0.1) is 0 Å². The van der Waals surface area contributed by atoms with Crippen molar-refractivity contribution in [2.24, 2.45) is 0 Å². The molecule has 0 saturated heterocycles. The fraction of sp³-hybridized carbons (Fsp3) is 0.833. The molecule has 0 nitrogen and oxygen atoms in total. The van der Waals surface area contributed by atoms with Crippen molar-refractivity contribution < 1.29 is 0 Å². The Labute approximate surface area is 125 Å². The summed E-state index contributed by atoms with van der Waals surface area (Å²) in [5.41, 5.74) is 0. The van der Waals surface area contributed by atoms with Gasteiger partial charge in [0, 0.05) is 15.0 Å². The summed E-state index contributed by atoms with van der Waals surface area (Å²) in [7, 11) is 0. The second-order valence-electron chi connectivity index (χ2n) is 4.27. The second kappa shape index (κ2) is 8.39. The predicted octanol–water partition coefficient (Wildman–Crippen LogP) is 5.64. The quantitative estimate of drug-likeness (QED) is 0.369. The molecule has 16 heavy (non-hydrogen) atoms. The van der Waals surface area contributed by atoms with Gasteiger partial charge in [-0.25, -0.2) is 0 Å². The summed E-state index contributed by atoms with van der Waals surface area (Å²) in [6, 6.07) is 0. The highest BCUT2D eigenvalue weighted by molar-refractivity contribution is 9.12. The number of alkyl halides is 4. The Bertz CT molecular complexity index is 199. The molecule has 1 rings (SSSR count). The monoisotopic (exact) mass is 390 g/mol. The van der Waals surface area contributed by atoms with Crippen LogP contribution in [0.1, 0.15) is 38.5 Å². The zero-order chi connectivity index (χ0) is 12.0. The predicted molar refractivity (Wildman–Crippen MR) is 81.6 cm³/mol. The van der Waals surface area contributed by atoms with Crippen molar-refractivity contribution in [3.8, 4) is 0 Å². The van der Waals surface area contributed by atoms with E-state index in [4.69, 9.17) is 23.2 Å². The van der Waals surface area contributed by atoms with Gasteiger partial charge in [-0.3, -0.25) is 0 Å². The van der Waals surface area contributed by atoms with E-state index in [1.807, 2.05) is 0 Å². The van der Waals surface area contributed by atoms with Gasteiger partial charge >= 0.3 is 0 Å². The summed E-state index contributed by atoms with van der Waals surface area (Å²) >= 11 is 20.0. The lowest BCUT2D eigenvalue weighted by molar-refractivity contribution is 0.600. The lowest BCUT2D eigenvalue weighted by atomic mass is 10.0. The van der Waals surface area contributed by atoms with Gasteiger partial charge in [0.15, 0.2) is 0 Å². The number of allylic oxidation sites excluding steroid dienone is 2. The lowest BCUT2D eigenvalue weighted by Crippen LogP contribution is -2.20. The summed E-state index contributed by atoms with van der Waals surface area (Å²) in [4.78, 5) is 1.01. The average molecular weight is 393 g/mol. The number of hydrogen-bond donors (Lipinski definition) is 0. The Morgan fingerprint density at radius 1 is 0.750 bits per heavy atom. The Hall–Kier alpha value is 1.28. The van der Waals surface area contributed by atoms with E-state index in [0.717, 1.165) is 32.1 Å². The molecule has 0 amide bonds. The van der Waals surface area contributed by atoms with E-state index in [1.54, 1.807) is 0 Å². The molecule has 0 aliphatic heterocycles. The molecule has 0 fully saturated rings. The van der Waals surface area contributed by atoms with Crippen LogP contribution in [0.3, 0.4) is 0 Å². The molecule has 0 aromatic rings. The van der Waals surface area contributed by atoms with E-state index in [-0.39, 0.29) is 10.8 Å². The summed E-state index contributed by atoms with van der Waals surface area (Å²) in [5.74, 6) is 0. The molecule has 0 aromatic heterocycles. The van der Waals surface area contributed by atoms with Crippen molar-refractivity contribution >= 4 is 55.1 Å². The van der Waals surface area contributed by atoms with Crippen molar-refractivity contribution in [1.82, 2.24) is 0 Å². The van der Waals surface area contributed by atoms with Crippen molar-refractivity contribution in [2.75, 3.05) is 0 Å². The molecule has 1 aliphatic carbocycles. The molecular formula is C12H18Br2Cl2. The third-order valence-electron chi connectivity index (χ3n) is 2.89. The zero-order valence-electron chi connectivity index (χ0n) is 9.22. The minimum atomic E-state index is 0.0919. The number of hydrogen-bond acceptors (Lipinski definition) is 0. The highest BCUT2D eigenvalue weighted by Crippen LogP contribution is 2.28. The molecule has 0 N–H and O–H groups in total. The molecule has 0 spiro atoms. The Morgan fingerprint density at radius 2 is 1.25 bits per heavy atom. The molecule has 4 heteroatoms. The number of rotatable bonds is 0. The SMILES string of the molecule is ClC1CC/C=C/CCC(Br)C(Br)CCC1Cl. The van der Waals surface area contributed by atoms with Crippen molar-refractivity contribution in [2.45, 2.75) is 58.9 Å². The molecule has 4 unspecified atom stereocenters. The van der Waals surface area contributed by atoms with Crippen molar-refractivity contribution in [3.63, 3.8) is 0 Å². The van der Waals surface area contributed by atoms with Gasteiger partial charge in [0.2, 0.25) is 0 Å². The molecule has 0 bridgehead atoms. The van der Waals surface area contributed by atoms with E-state index in [1.165, 1.54) is 6.42 Å². The van der Waals surface area contributed by atoms with E-state index in [9.17, 15) is 0 Å². The van der Waals surface area contributed by atoms with E-state index in [0.29, 0.717) is 9.65 Å². The van der Waals surface area contributed by atoms with Gasteiger partial charge in [-0.05, 0) is 38.5 Å². The highest BCUT2D eigenvalue weighted by atomic mass is 79.9. The van der Waals surface area contributed by atoms with Gasteiger partial charge in [-0.2, -0.15) is 0 Å². The summed E-state index contributed by atoms with van der Waals surface area (Å²) in [6.45, 7) is 0. The third kappa shape index (κ3) is 5.75. The minimum Gasteiger partial charge on any atom is -0.121 e. The van der Waals surface area contributed by atoms with Crippen LogP contribution in [-0.2, 0) is 0 Å². The van der Waals surface area contributed by atoms with Crippen LogP contribution in [0.5, 0.6) is 0 Å². The van der Waals surface area contributed by atoms with Gasteiger partial charge < -0.3 is 0 Å². The van der Waals surface area contributed by atoms with Gasteiger partial charge in [0.1, 0.15) is 0 Å². The molecule has 0 aromatic carbocycles. The third-order valence-corrected chi connectivity index (χ3v) is 6.96. The molecule has 94 valence electrons. The molecular weight excluding hydrogens is 375 g/mol. The molecule has 1 aliphatic rings. The summed E-state index contributed by atoms with van der Waals surface area (Å²) in [5, 5.41) is 0.188. The maximum Gasteiger partial charge on any atom is 0.0502 e. The first-order valence-electron chi connectivity index (χ1n) is 5.82. The summed E-state index contributed by atoms with van der Waals surface area (Å²) < 4.78 is 0. The van der Waals surface area contributed by atoms with E-state index < -0.39 is 0 Å². The van der Waals surface area contributed by atoms with Gasteiger partial charge in [-0.1, -0.05) is 44.0 Å². The van der Waals surface area contributed by atoms with Gasteiger partial charge in [0.25, 0.3) is 0 Å². The molecule has 0 saturated carbocycles. The minimum absolute atomic E-state index is 0.0919. The van der Waals surface area contributed by atoms with Crippen LogP contribution in [0.25, 0.3) is 0 Å². The van der Waals surface area contributed by atoms with E-state index in [2.05, 4.69) is 44.0 Å².